The lowest BCUT2D eigenvalue weighted by atomic mass is 9.94. The number of carbonyl (C=O) groups is 2. The molecule has 1 aliphatic heterocycles. The van der Waals surface area contributed by atoms with Crippen LogP contribution >= 0.6 is 23.1 Å². The molecule has 1 saturated heterocycles. The number of thioether (sulfide) groups is 1. The first-order chi connectivity index (χ1) is 14.5. The summed E-state index contributed by atoms with van der Waals surface area (Å²) in [4.78, 5) is 27.2. The number of hydrogen-bond acceptors (Lipinski definition) is 5. The third-order valence-corrected chi connectivity index (χ3v) is 6.92. The highest BCUT2D eigenvalue weighted by Gasteiger charge is 2.36. The van der Waals surface area contributed by atoms with Crippen molar-refractivity contribution in [3.63, 3.8) is 0 Å². The van der Waals surface area contributed by atoms with Gasteiger partial charge in [0.25, 0.3) is 0 Å². The average Bonchev–Trinajstić information content (AvgIpc) is 3.39. The van der Waals surface area contributed by atoms with Crippen molar-refractivity contribution in [1.82, 2.24) is 0 Å². The summed E-state index contributed by atoms with van der Waals surface area (Å²) in [7, 11) is 0. The van der Waals surface area contributed by atoms with E-state index >= 15 is 0 Å². The molecule has 7 heteroatoms. The first-order valence-corrected chi connectivity index (χ1v) is 11.5. The van der Waals surface area contributed by atoms with Crippen LogP contribution in [0.2, 0.25) is 0 Å². The Kier molecular flexibility index (Phi) is 5.92. The second kappa shape index (κ2) is 8.62. The molecule has 1 aliphatic rings. The van der Waals surface area contributed by atoms with Crippen LogP contribution in [0.4, 0.5) is 10.1 Å². The van der Waals surface area contributed by atoms with Gasteiger partial charge in [-0.25, -0.2) is 9.18 Å². The number of thiophene rings is 1. The molecule has 4 nitrogen and oxygen atoms in total. The number of halogens is 1. The van der Waals surface area contributed by atoms with Gasteiger partial charge in [-0.3, -0.25) is 9.69 Å². The van der Waals surface area contributed by atoms with Gasteiger partial charge < -0.3 is 4.74 Å². The molecule has 1 fully saturated rings. The van der Waals surface area contributed by atoms with Crippen molar-refractivity contribution >= 4 is 40.7 Å². The van der Waals surface area contributed by atoms with Crippen molar-refractivity contribution in [2.24, 2.45) is 0 Å². The minimum Gasteiger partial charge on any atom is -0.462 e. The van der Waals surface area contributed by atoms with Gasteiger partial charge in [0.2, 0.25) is 5.91 Å². The summed E-state index contributed by atoms with van der Waals surface area (Å²) in [5.41, 5.74) is 4.61. The first kappa shape index (κ1) is 20.6. The van der Waals surface area contributed by atoms with Crippen LogP contribution in [-0.2, 0) is 9.53 Å². The fraction of sp³-hybridized carbons (Fsp3) is 0.217. The van der Waals surface area contributed by atoms with Gasteiger partial charge in [-0.15, -0.1) is 11.8 Å². The molecule has 0 aliphatic carbocycles. The number of ether oxygens (including phenoxy) is 1. The van der Waals surface area contributed by atoms with Gasteiger partial charge in [-0.1, -0.05) is 12.1 Å². The van der Waals surface area contributed by atoms with Gasteiger partial charge in [0.05, 0.1) is 17.9 Å². The van der Waals surface area contributed by atoms with Gasteiger partial charge in [0.1, 0.15) is 11.2 Å². The van der Waals surface area contributed by atoms with Crippen molar-refractivity contribution in [3.8, 4) is 11.1 Å². The van der Waals surface area contributed by atoms with E-state index < -0.39 is 0 Å². The van der Waals surface area contributed by atoms with E-state index in [1.807, 2.05) is 23.8 Å². The van der Waals surface area contributed by atoms with E-state index in [1.165, 1.54) is 23.9 Å². The van der Waals surface area contributed by atoms with Gasteiger partial charge in [0, 0.05) is 11.3 Å². The summed E-state index contributed by atoms with van der Waals surface area (Å²) >= 11 is 3.05. The molecule has 1 unspecified atom stereocenters. The van der Waals surface area contributed by atoms with E-state index in [0.29, 0.717) is 11.3 Å². The minimum atomic E-state index is -0.384. The number of benzene rings is 2. The molecule has 0 radical (unpaired) electrons. The second-order valence-electron chi connectivity index (χ2n) is 6.84. The van der Waals surface area contributed by atoms with Crippen molar-refractivity contribution < 1.29 is 18.7 Å². The molecule has 0 saturated carbocycles. The molecule has 30 heavy (non-hydrogen) atoms. The molecule has 1 atom stereocenters. The first-order valence-electron chi connectivity index (χ1n) is 9.53. The molecule has 1 aromatic heterocycles. The van der Waals surface area contributed by atoms with Gasteiger partial charge in [-0.2, -0.15) is 11.3 Å². The molecular weight excluding hydrogens is 421 g/mol. The minimum absolute atomic E-state index is 0.0161. The van der Waals surface area contributed by atoms with Crippen molar-refractivity contribution in [1.29, 1.82) is 0 Å². The number of anilines is 1. The predicted molar refractivity (Wildman–Crippen MR) is 120 cm³/mol. The maximum atomic E-state index is 13.4. The van der Waals surface area contributed by atoms with Crippen LogP contribution in [0.5, 0.6) is 0 Å². The normalized spacial score (nSPS) is 16.2. The lowest BCUT2D eigenvalue weighted by Crippen LogP contribution is -2.29. The number of rotatable bonds is 5. The number of carbonyl (C=O) groups excluding carboxylic acids is 2. The Morgan fingerprint density at radius 1 is 1.20 bits per heavy atom. The maximum Gasteiger partial charge on any atom is 0.338 e. The summed E-state index contributed by atoms with van der Waals surface area (Å²) in [6.07, 6.45) is 0. The van der Waals surface area contributed by atoms with Crippen LogP contribution in [-0.4, -0.2) is 24.2 Å². The Hall–Kier alpha value is -2.64. The largest absolute Gasteiger partial charge is 0.462 e. The zero-order chi connectivity index (χ0) is 21.3. The lowest BCUT2D eigenvalue weighted by Gasteiger charge is -2.27. The Morgan fingerprint density at radius 2 is 1.97 bits per heavy atom. The molecule has 3 aromatic rings. The van der Waals surface area contributed by atoms with Gasteiger partial charge in [-0.05, 0) is 71.6 Å². The van der Waals surface area contributed by atoms with Crippen molar-refractivity contribution in [3.05, 3.63) is 75.7 Å². The highest BCUT2D eigenvalue weighted by molar-refractivity contribution is 8.00. The molecule has 2 aromatic carbocycles. The lowest BCUT2D eigenvalue weighted by molar-refractivity contribution is -0.115. The Morgan fingerprint density at radius 3 is 2.63 bits per heavy atom. The van der Waals surface area contributed by atoms with E-state index in [1.54, 1.807) is 47.4 Å². The van der Waals surface area contributed by atoms with Crippen LogP contribution < -0.4 is 4.90 Å². The molecular formula is C23H20FNO3S2. The molecule has 154 valence electrons. The quantitative estimate of drug-likeness (QED) is 0.468. The summed E-state index contributed by atoms with van der Waals surface area (Å²) in [5, 5.41) is 3.68. The van der Waals surface area contributed by atoms with Crippen LogP contribution in [0.3, 0.4) is 0 Å². The molecule has 0 N–H and O–H groups in total. The van der Waals surface area contributed by atoms with Gasteiger partial charge >= 0.3 is 5.97 Å². The monoisotopic (exact) mass is 441 g/mol. The van der Waals surface area contributed by atoms with Crippen LogP contribution in [0, 0.1) is 12.7 Å². The summed E-state index contributed by atoms with van der Waals surface area (Å²) < 4.78 is 18.7. The van der Waals surface area contributed by atoms with Crippen LogP contribution in [0.25, 0.3) is 11.1 Å². The van der Waals surface area contributed by atoms with E-state index in [9.17, 15) is 14.0 Å². The van der Waals surface area contributed by atoms with E-state index in [4.69, 9.17) is 4.74 Å². The van der Waals surface area contributed by atoms with E-state index in [-0.39, 0.29) is 29.7 Å². The zero-order valence-electron chi connectivity index (χ0n) is 16.6. The maximum absolute atomic E-state index is 13.4. The smallest absolute Gasteiger partial charge is 0.338 e. The van der Waals surface area contributed by atoms with Crippen molar-refractivity contribution in [2.45, 2.75) is 19.2 Å². The second-order valence-corrected chi connectivity index (χ2v) is 8.69. The molecule has 1 amide bonds. The fourth-order valence-corrected chi connectivity index (χ4v) is 5.49. The summed E-state index contributed by atoms with van der Waals surface area (Å²) in [6.45, 7) is 3.98. The molecule has 2 heterocycles. The van der Waals surface area contributed by atoms with Crippen LogP contribution in [0.15, 0.2) is 53.2 Å². The topological polar surface area (TPSA) is 46.6 Å². The molecule has 0 spiro atoms. The molecule has 4 rings (SSSR count). The number of esters is 1. The van der Waals surface area contributed by atoms with E-state index in [2.05, 4.69) is 0 Å². The third-order valence-electron chi connectivity index (χ3n) is 5.02. The summed E-state index contributed by atoms with van der Waals surface area (Å²) in [6, 6.07) is 11.7. The standard InChI is InChI=1S/C23H20FNO3S2/c1-3-28-23(27)18-8-9-19(14(2)21(18)16-10-11-29-12-16)25-20(26)13-30-22(25)15-4-6-17(24)7-5-15/h4-12,22H,3,13H2,1-2H3. The number of amides is 1. The predicted octanol–water partition coefficient (Wildman–Crippen LogP) is 5.82. The third kappa shape index (κ3) is 3.75. The van der Waals surface area contributed by atoms with Gasteiger partial charge in [0.15, 0.2) is 0 Å². The zero-order valence-corrected chi connectivity index (χ0v) is 18.2. The average molecular weight is 442 g/mol. The van der Waals surface area contributed by atoms with Crippen molar-refractivity contribution in [2.75, 3.05) is 17.3 Å². The fourth-order valence-electron chi connectivity index (χ4n) is 3.68. The highest BCUT2D eigenvalue weighted by Crippen LogP contribution is 2.45. The summed E-state index contributed by atoms with van der Waals surface area (Å²) in [5.74, 6) is -0.369. The Bertz CT molecular complexity index is 1080. The SMILES string of the molecule is CCOC(=O)c1ccc(N2C(=O)CSC2c2ccc(F)cc2)c(C)c1-c1ccsc1. The number of nitrogens with zero attached hydrogens (tertiary/aromatic N) is 1. The highest BCUT2D eigenvalue weighted by atomic mass is 32.2. The van der Waals surface area contributed by atoms with Crippen LogP contribution in [0.1, 0.15) is 33.8 Å². The molecule has 0 bridgehead atoms. The Labute approximate surface area is 182 Å². The number of hydrogen-bond donors (Lipinski definition) is 0. The van der Waals surface area contributed by atoms with E-state index in [0.717, 1.165) is 27.9 Å². The Balaban J connectivity index is 1.84.